The normalized spacial score (nSPS) is 11.3. The van der Waals surface area contributed by atoms with Crippen molar-refractivity contribution in [2.75, 3.05) is 15.8 Å². The molecule has 4 N–H and O–H groups in total. The third-order valence-electron chi connectivity index (χ3n) is 4.28. The van der Waals surface area contributed by atoms with E-state index in [-0.39, 0.29) is 16.5 Å². The fourth-order valence-electron chi connectivity index (χ4n) is 2.82. The minimum atomic E-state index is -3.84. The van der Waals surface area contributed by atoms with Crippen molar-refractivity contribution in [1.29, 1.82) is 0 Å². The molecule has 1 heterocycles. The number of hydrogen-bond acceptors (Lipinski definition) is 6. The Kier molecular flexibility index (Phi) is 4.77. The van der Waals surface area contributed by atoms with Crippen LogP contribution in [0.5, 0.6) is 0 Å². The van der Waals surface area contributed by atoms with Crippen molar-refractivity contribution in [2.45, 2.75) is 11.8 Å². The first-order valence-corrected chi connectivity index (χ1v) is 10.4. The van der Waals surface area contributed by atoms with Gasteiger partial charge >= 0.3 is 0 Å². The summed E-state index contributed by atoms with van der Waals surface area (Å²) in [5.74, 6) is 0.386. The van der Waals surface area contributed by atoms with Crippen LogP contribution in [0, 0.1) is 6.92 Å². The summed E-state index contributed by atoms with van der Waals surface area (Å²) in [6.07, 6.45) is 0. The number of aromatic nitrogens is 2. The molecule has 0 radical (unpaired) electrons. The lowest BCUT2D eigenvalue weighted by atomic mass is 10.2. The number of aryl methyl sites for hydroxylation is 1. The summed E-state index contributed by atoms with van der Waals surface area (Å²) >= 11 is 0. The minimum Gasteiger partial charge on any atom is -0.399 e. The van der Waals surface area contributed by atoms with Crippen LogP contribution in [0.2, 0.25) is 0 Å². The number of para-hydroxylation sites is 2. The van der Waals surface area contributed by atoms with E-state index in [1.165, 1.54) is 0 Å². The van der Waals surface area contributed by atoms with E-state index in [2.05, 4.69) is 20.0 Å². The van der Waals surface area contributed by atoms with Crippen LogP contribution in [0.25, 0.3) is 11.0 Å². The van der Waals surface area contributed by atoms with Gasteiger partial charge < -0.3 is 11.1 Å². The molecule has 3 aromatic carbocycles. The predicted molar refractivity (Wildman–Crippen MR) is 116 cm³/mol. The van der Waals surface area contributed by atoms with E-state index < -0.39 is 10.0 Å². The third-order valence-corrected chi connectivity index (χ3v) is 5.64. The molecule has 0 fully saturated rings. The van der Waals surface area contributed by atoms with Crippen LogP contribution >= 0.6 is 0 Å². The molecule has 0 unspecified atom stereocenters. The van der Waals surface area contributed by atoms with Gasteiger partial charge in [0.05, 0.1) is 15.9 Å². The van der Waals surface area contributed by atoms with Gasteiger partial charge in [-0.15, -0.1) is 0 Å². The van der Waals surface area contributed by atoms with E-state index in [4.69, 9.17) is 5.73 Å². The van der Waals surface area contributed by atoms with Gasteiger partial charge in [0.1, 0.15) is 0 Å². The molecule has 4 aromatic rings. The molecule has 0 aliphatic carbocycles. The summed E-state index contributed by atoms with van der Waals surface area (Å²) < 4.78 is 28.3. The Morgan fingerprint density at radius 3 is 2.14 bits per heavy atom. The molecule has 0 spiro atoms. The van der Waals surface area contributed by atoms with Crippen LogP contribution in [0.15, 0.2) is 77.7 Å². The Bertz CT molecular complexity index is 1290. The highest BCUT2D eigenvalue weighted by molar-refractivity contribution is 7.92. The van der Waals surface area contributed by atoms with Crippen molar-refractivity contribution in [3.63, 3.8) is 0 Å². The second-order valence-electron chi connectivity index (χ2n) is 6.58. The number of nitrogen functional groups attached to an aromatic ring is 1. The second-order valence-corrected chi connectivity index (χ2v) is 8.26. The summed E-state index contributed by atoms with van der Waals surface area (Å²) in [6, 6.07) is 20.9. The number of sulfonamides is 1. The molecule has 0 bridgehead atoms. The van der Waals surface area contributed by atoms with Crippen LogP contribution in [-0.2, 0) is 10.0 Å². The monoisotopic (exact) mass is 405 g/mol. The van der Waals surface area contributed by atoms with E-state index in [1.807, 2.05) is 31.2 Å². The number of fused-ring (bicyclic) bond motifs is 1. The molecule has 29 heavy (non-hydrogen) atoms. The van der Waals surface area contributed by atoms with E-state index >= 15 is 0 Å². The van der Waals surface area contributed by atoms with Gasteiger partial charge in [-0.3, -0.25) is 4.72 Å². The predicted octanol–water partition coefficient (Wildman–Crippen LogP) is 4.06. The van der Waals surface area contributed by atoms with Crippen molar-refractivity contribution < 1.29 is 8.42 Å². The SMILES string of the molecule is Cc1ccc(S(=O)(=O)Nc2nc3ccccc3nc2Nc2cccc(N)c2)cc1. The average Bonchev–Trinajstić information content (AvgIpc) is 2.68. The number of nitrogens with two attached hydrogens (primary N) is 1. The molecule has 0 atom stereocenters. The molecule has 0 amide bonds. The first-order valence-electron chi connectivity index (χ1n) is 8.89. The third kappa shape index (κ3) is 4.12. The first kappa shape index (κ1) is 18.7. The van der Waals surface area contributed by atoms with E-state index in [9.17, 15) is 8.42 Å². The molecule has 1 aromatic heterocycles. The zero-order chi connectivity index (χ0) is 20.4. The highest BCUT2D eigenvalue weighted by atomic mass is 32.2. The number of rotatable bonds is 5. The molecule has 0 saturated carbocycles. The fourth-order valence-corrected chi connectivity index (χ4v) is 3.82. The smallest absolute Gasteiger partial charge is 0.263 e. The zero-order valence-corrected chi connectivity index (χ0v) is 16.4. The maximum Gasteiger partial charge on any atom is 0.263 e. The molecule has 8 heteroatoms. The summed E-state index contributed by atoms with van der Waals surface area (Å²) in [4.78, 5) is 9.17. The van der Waals surface area contributed by atoms with E-state index in [0.29, 0.717) is 22.4 Å². The van der Waals surface area contributed by atoms with Gasteiger partial charge in [0, 0.05) is 11.4 Å². The van der Waals surface area contributed by atoms with Crippen molar-refractivity contribution in [3.05, 3.63) is 78.4 Å². The van der Waals surface area contributed by atoms with Gasteiger partial charge in [0.25, 0.3) is 10.0 Å². The second kappa shape index (κ2) is 7.40. The molecular formula is C21H19N5O2S. The highest BCUT2D eigenvalue weighted by Crippen LogP contribution is 2.27. The summed E-state index contributed by atoms with van der Waals surface area (Å²) in [6.45, 7) is 1.90. The summed E-state index contributed by atoms with van der Waals surface area (Å²) in [5, 5.41) is 3.11. The molecule has 7 nitrogen and oxygen atoms in total. The number of benzene rings is 3. The molecule has 0 aliphatic rings. The van der Waals surface area contributed by atoms with Crippen LogP contribution in [0.1, 0.15) is 5.56 Å². The van der Waals surface area contributed by atoms with Gasteiger partial charge in [-0.2, -0.15) is 0 Å². The van der Waals surface area contributed by atoms with Gasteiger partial charge in [0.2, 0.25) is 0 Å². The lowest BCUT2D eigenvalue weighted by molar-refractivity contribution is 0.601. The van der Waals surface area contributed by atoms with E-state index in [0.717, 1.165) is 5.56 Å². The number of hydrogen-bond donors (Lipinski definition) is 3. The Labute approximate surface area is 168 Å². The lowest BCUT2D eigenvalue weighted by Gasteiger charge is -2.14. The number of nitrogens with zero attached hydrogens (tertiary/aromatic N) is 2. The molecule has 146 valence electrons. The Balaban J connectivity index is 1.78. The van der Waals surface area contributed by atoms with E-state index in [1.54, 1.807) is 48.5 Å². The van der Waals surface area contributed by atoms with Crippen LogP contribution < -0.4 is 15.8 Å². The van der Waals surface area contributed by atoms with Gasteiger partial charge in [-0.05, 0) is 49.4 Å². The van der Waals surface area contributed by atoms with Crippen molar-refractivity contribution in [1.82, 2.24) is 9.97 Å². The number of nitrogens with one attached hydrogen (secondary N) is 2. The zero-order valence-electron chi connectivity index (χ0n) is 15.6. The van der Waals surface area contributed by atoms with Crippen molar-refractivity contribution in [3.8, 4) is 0 Å². The standard InChI is InChI=1S/C21H19N5O2S/c1-14-9-11-17(12-10-14)29(27,28)26-21-20(23-16-6-4-5-15(22)13-16)24-18-7-2-3-8-19(18)25-21/h2-13H,22H2,1H3,(H,23,24)(H,25,26). The van der Waals surface area contributed by atoms with Gasteiger partial charge in [-0.1, -0.05) is 35.9 Å². The van der Waals surface area contributed by atoms with Crippen molar-refractivity contribution in [2.24, 2.45) is 0 Å². The largest absolute Gasteiger partial charge is 0.399 e. The minimum absolute atomic E-state index is 0.103. The Hall–Kier alpha value is -3.65. The quantitative estimate of drug-likeness (QED) is 0.432. The van der Waals surface area contributed by atoms with Gasteiger partial charge in [0.15, 0.2) is 11.6 Å². The molecule has 0 aliphatic heterocycles. The van der Waals surface area contributed by atoms with Crippen LogP contribution in [0.4, 0.5) is 23.0 Å². The topological polar surface area (TPSA) is 110 Å². The fraction of sp³-hybridized carbons (Fsp3) is 0.0476. The summed E-state index contributed by atoms with van der Waals surface area (Å²) in [5.41, 5.74) is 9.27. The maximum atomic E-state index is 12.9. The van der Waals surface area contributed by atoms with Crippen LogP contribution in [-0.4, -0.2) is 18.4 Å². The van der Waals surface area contributed by atoms with Gasteiger partial charge in [-0.25, -0.2) is 18.4 Å². The number of anilines is 4. The highest BCUT2D eigenvalue weighted by Gasteiger charge is 2.19. The average molecular weight is 405 g/mol. The molecular weight excluding hydrogens is 386 g/mol. The first-order chi connectivity index (χ1) is 13.9. The molecule has 0 saturated heterocycles. The summed E-state index contributed by atoms with van der Waals surface area (Å²) in [7, 11) is -3.84. The Morgan fingerprint density at radius 1 is 0.828 bits per heavy atom. The Morgan fingerprint density at radius 2 is 1.48 bits per heavy atom. The molecule has 4 rings (SSSR count). The lowest BCUT2D eigenvalue weighted by Crippen LogP contribution is -2.16. The van der Waals surface area contributed by atoms with Crippen LogP contribution in [0.3, 0.4) is 0 Å². The van der Waals surface area contributed by atoms with Crippen molar-refractivity contribution >= 4 is 44.1 Å². The maximum absolute atomic E-state index is 12.9.